The number of benzene rings is 1. The van der Waals surface area contributed by atoms with E-state index in [4.69, 9.17) is 0 Å². The van der Waals surface area contributed by atoms with E-state index in [1.54, 1.807) is 0 Å². The van der Waals surface area contributed by atoms with Gasteiger partial charge in [0.05, 0.1) is 6.04 Å². The summed E-state index contributed by atoms with van der Waals surface area (Å²) in [4.78, 5) is 2.02. The number of nitrogens with zero attached hydrogens (tertiary/aromatic N) is 1. The number of hydrogen-bond acceptors (Lipinski definition) is 4. The zero-order chi connectivity index (χ0) is 12.3. The highest BCUT2D eigenvalue weighted by atomic mass is 35.5. The molecule has 4 nitrogen and oxygen atoms in total. The van der Waals surface area contributed by atoms with Crippen LogP contribution in [0.3, 0.4) is 0 Å². The highest BCUT2D eigenvalue weighted by molar-refractivity contribution is 5.85. The summed E-state index contributed by atoms with van der Waals surface area (Å²) in [6.07, 6.45) is 0. The molecule has 1 heterocycles. The van der Waals surface area contributed by atoms with Gasteiger partial charge in [0.1, 0.15) is 18.2 Å². The normalized spacial score (nSPS) is 18.1. The molecular formula is C12H18ClFN2O2. The molecule has 0 spiro atoms. The molecule has 18 heavy (non-hydrogen) atoms. The van der Waals surface area contributed by atoms with E-state index in [2.05, 4.69) is 5.32 Å². The molecule has 1 saturated heterocycles. The monoisotopic (exact) mass is 276 g/mol. The molecule has 1 fully saturated rings. The van der Waals surface area contributed by atoms with Gasteiger partial charge in [-0.15, -0.1) is 12.4 Å². The molecule has 1 aromatic rings. The number of phenolic OH excluding ortho intramolecular Hbond substituents is 2. The maximum atomic E-state index is 13.2. The van der Waals surface area contributed by atoms with Gasteiger partial charge in [-0.1, -0.05) is 0 Å². The molecule has 0 bridgehead atoms. The third-order valence-electron chi connectivity index (χ3n) is 3.05. The summed E-state index contributed by atoms with van der Waals surface area (Å²) in [5.74, 6) is -0.0674. The van der Waals surface area contributed by atoms with Gasteiger partial charge in [0.25, 0.3) is 0 Å². The largest absolute Gasteiger partial charge is 0.508 e. The summed E-state index contributed by atoms with van der Waals surface area (Å²) in [6.45, 7) is 2.68. The van der Waals surface area contributed by atoms with Crippen LogP contribution in [0.25, 0.3) is 0 Å². The Morgan fingerprint density at radius 1 is 1.17 bits per heavy atom. The van der Waals surface area contributed by atoms with Crippen molar-refractivity contribution in [1.29, 1.82) is 0 Å². The van der Waals surface area contributed by atoms with Gasteiger partial charge in [-0.05, 0) is 17.7 Å². The topological polar surface area (TPSA) is 55.7 Å². The highest BCUT2D eigenvalue weighted by Gasteiger charge is 2.22. The van der Waals surface area contributed by atoms with E-state index >= 15 is 0 Å². The number of halogens is 2. The van der Waals surface area contributed by atoms with Crippen LogP contribution in [0, 0.1) is 0 Å². The van der Waals surface area contributed by atoms with E-state index in [0.717, 1.165) is 26.2 Å². The Bertz CT molecular complexity index is 366. The first kappa shape index (κ1) is 15.0. The standard InChI is InChI=1S/C12H17FN2O2.ClH/c13-8-12(15-3-1-14-2-4-15)9-5-10(16)7-11(17)6-9;/h5-7,12,14,16-17H,1-4,8H2;1H/t12-;/m0./s1. The Labute approximate surface area is 112 Å². The average Bonchev–Trinajstić information content (AvgIpc) is 2.30. The summed E-state index contributed by atoms with van der Waals surface area (Å²) in [5.41, 5.74) is 0.618. The molecule has 1 aliphatic heterocycles. The van der Waals surface area contributed by atoms with E-state index in [1.165, 1.54) is 18.2 Å². The van der Waals surface area contributed by atoms with Crippen LogP contribution in [0.4, 0.5) is 4.39 Å². The summed E-state index contributed by atoms with van der Waals surface area (Å²) in [7, 11) is 0. The minimum Gasteiger partial charge on any atom is -0.508 e. The molecule has 102 valence electrons. The molecule has 2 rings (SSSR count). The van der Waals surface area contributed by atoms with Crippen molar-refractivity contribution in [2.24, 2.45) is 0 Å². The molecule has 0 unspecified atom stereocenters. The summed E-state index contributed by atoms with van der Waals surface area (Å²) in [6, 6.07) is 3.87. The lowest BCUT2D eigenvalue weighted by atomic mass is 10.0. The zero-order valence-corrected chi connectivity index (χ0v) is 10.8. The van der Waals surface area contributed by atoms with E-state index < -0.39 is 12.7 Å². The molecule has 1 aliphatic rings. The molecule has 1 aromatic carbocycles. The van der Waals surface area contributed by atoms with Crippen molar-refractivity contribution in [2.45, 2.75) is 6.04 Å². The maximum absolute atomic E-state index is 13.2. The van der Waals surface area contributed by atoms with Crippen LogP contribution < -0.4 is 5.32 Å². The third kappa shape index (κ3) is 3.48. The lowest BCUT2D eigenvalue weighted by Gasteiger charge is -2.33. The fraction of sp³-hybridized carbons (Fsp3) is 0.500. The molecule has 3 N–H and O–H groups in total. The number of rotatable bonds is 3. The summed E-state index contributed by atoms with van der Waals surface area (Å²) < 4.78 is 13.2. The molecule has 0 amide bonds. The highest BCUT2D eigenvalue weighted by Crippen LogP contribution is 2.28. The first-order valence-electron chi connectivity index (χ1n) is 5.74. The van der Waals surface area contributed by atoms with Gasteiger partial charge in [0, 0.05) is 32.2 Å². The predicted molar refractivity (Wildman–Crippen MR) is 70.2 cm³/mol. The molecule has 0 saturated carbocycles. The van der Waals surface area contributed by atoms with Crippen molar-refractivity contribution in [3.63, 3.8) is 0 Å². The van der Waals surface area contributed by atoms with Crippen LogP contribution in [0.1, 0.15) is 11.6 Å². The number of hydrogen-bond donors (Lipinski definition) is 3. The Kier molecular flexibility index (Phi) is 5.65. The van der Waals surface area contributed by atoms with Crippen molar-refractivity contribution < 1.29 is 14.6 Å². The van der Waals surface area contributed by atoms with E-state index in [1.807, 2.05) is 4.90 Å². The minimum atomic E-state index is -0.525. The molecular weight excluding hydrogens is 259 g/mol. The number of piperazine rings is 1. The van der Waals surface area contributed by atoms with Crippen LogP contribution in [-0.2, 0) is 0 Å². The van der Waals surface area contributed by atoms with Crippen molar-refractivity contribution in [3.05, 3.63) is 23.8 Å². The van der Waals surface area contributed by atoms with Gasteiger partial charge in [-0.25, -0.2) is 4.39 Å². The van der Waals surface area contributed by atoms with Gasteiger partial charge >= 0.3 is 0 Å². The molecule has 6 heteroatoms. The average molecular weight is 277 g/mol. The Morgan fingerprint density at radius 3 is 2.22 bits per heavy atom. The number of alkyl halides is 1. The van der Waals surface area contributed by atoms with E-state index in [-0.39, 0.29) is 23.9 Å². The van der Waals surface area contributed by atoms with Crippen LogP contribution >= 0.6 is 12.4 Å². The number of phenols is 2. The fourth-order valence-electron chi connectivity index (χ4n) is 2.20. The first-order valence-corrected chi connectivity index (χ1v) is 5.74. The first-order chi connectivity index (χ1) is 8.20. The van der Waals surface area contributed by atoms with Crippen molar-refractivity contribution in [3.8, 4) is 11.5 Å². The zero-order valence-electron chi connectivity index (χ0n) is 9.97. The van der Waals surface area contributed by atoms with Gasteiger partial charge < -0.3 is 15.5 Å². The van der Waals surface area contributed by atoms with Crippen LogP contribution in [0.2, 0.25) is 0 Å². The smallest absolute Gasteiger partial charge is 0.119 e. The van der Waals surface area contributed by atoms with Crippen molar-refractivity contribution in [1.82, 2.24) is 10.2 Å². The van der Waals surface area contributed by atoms with E-state index in [0.29, 0.717) is 5.56 Å². The third-order valence-corrected chi connectivity index (χ3v) is 3.05. The van der Waals surface area contributed by atoms with Crippen molar-refractivity contribution >= 4 is 12.4 Å². The molecule has 0 aliphatic carbocycles. The summed E-state index contributed by atoms with van der Waals surface area (Å²) in [5, 5.41) is 22.1. The van der Waals surface area contributed by atoms with Crippen LogP contribution in [0.15, 0.2) is 18.2 Å². The Balaban J connectivity index is 0.00000162. The fourth-order valence-corrected chi connectivity index (χ4v) is 2.20. The minimum absolute atomic E-state index is 0. The summed E-state index contributed by atoms with van der Waals surface area (Å²) >= 11 is 0. The Hall–Kier alpha value is -1.04. The SMILES string of the molecule is Cl.Oc1cc(O)cc([C@H](CF)N2CCNCC2)c1. The molecule has 1 atom stereocenters. The lowest BCUT2D eigenvalue weighted by molar-refractivity contribution is 0.147. The molecule has 0 radical (unpaired) electrons. The Morgan fingerprint density at radius 2 is 1.72 bits per heavy atom. The number of nitrogens with one attached hydrogen (secondary N) is 1. The van der Waals surface area contributed by atoms with Gasteiger partial charge in [0.15, 0.2) is 0 Å². The van der Waals surface area contributed by atoms with Crippen LogP contribution in [-0.4, -0.2) is 48.0 Å². The second kappa shape index (κ2) is 6.78. The predicted octanol–water partition coefficient (Wildman–Crippen LogP) is 1.44. The molecule has 0 aromatic heterocycles. The quantitative estimate of drug-likeness (QED) is 0.782. The van der Waals surface area contributed by atoms with Crippen molar-refractivity contribution in [2.75, 3.05) is 32.9 Å². The second-order valence-corrected chi connectivity index (χ2v) is 4.24. The maximum Gasteiger partial charge on any atom is 0.119 e. The lowest BCUT2D eigenvalue weighted by Crippen LogP contribution is -2.45. The van der Waals surface area contributed by atoms with Gasteiger partial charge in [0.2, 0.25) is 0 Å². The van der Waals surface area contributed by atoms with E-state index in [9.17, 15) is 14.6 Å². The van der Waals surface area contributed by atoms with Gasteiger partial charge in [-0.2, -0.15) is 0 Å². The van der Waals surface area contributed by atoms with Crippen LogP contribution in [0.5, 0.6) is 11.5 Å². The van der Waals surface area contributed by atoms with Gasteiger partial charge in [-0.3, -0.25) is 4.90 Å². The second-order valence-electron chi connectivity index (χ2n) is 4.24. The number of aromatic hydroxyl groups is 2.